The largest absolute Gasteiger partial charge is 0.497 e. The second-order valence-electron chi connectivity index (χ2n) is 7.29. The number of likely N-dealkylation sites (tertiary alicyclic amines) is 1. The molecule has 1 N–H and O–H groups in total. The third-order valence-corrected chi connectivity index (χ3v) is 5.50. The lowest BCUT2D eigenvalue weighted by molar-refractivity contribution is -0.121. The molecule has 30 heavy (non-hydrogen) atoms. The Hall–Kier alpha value is -2.90. The van der Waals surface area contributed by atoms with Gasteiger partial charge < -0.3 is 14.6 Å². The van der Waals surface area contributed by atoms with E-state index >= 15 is 0 Å². The smallest absolute Gasteiger partial charge is 0.241 e. The van der Waals surface area contributed by atoms with Gasteiger partial charge in [-0.05, 0) is 74.5 Å². The maximum Gasteiger partial charge on any atom is 0.241 e. The highest BCUT2D eigenvalue weighted by Crippen LogP contribution is 2.23. The van der Waals surface area contributed by atoms with Crippen LogP contribution in [0.2, 0.25) is 5.02 Å². The molecular weight excluding hydrogens is 404 g/mol. The Bertz CT molecular complexity index is 980. The lowest BCUT2D eigenvalue weighted by Gasteiger charge is -2.30. The molecular formula is C22H23ClN4O3. The summed E-state index contributed by atoms with van der Waals surface area (Å²) in [5.41, 5.74) is 1.65. The van der Waals surface area contributed by atoms with Crippen molar-refractivity contribution in [3.05, 3.63) is 59.4 Å². The van der Waals surface area contributed by atoms with E-state index in [2.05, 4.69) is 20.4 Å². The second kappa shape index (κ2) is 9.28. The zero-order valence-electron chi connectivity index (χ0n) is 16.7. The molecule has 1 aliphatic heterocycles. The molecule has 0 aliphatic carbocycles. The van der Waals surface area contributed by atoms with Crippen LogP contribution in [0.4, 0.5) is 5.69 Å². The summed E-state index contributed by atoms with van der Waals surface area (Å²) in [6.07, 6.45) is 1.58. The van der Waals surface area contributed by atoms with Crippen LogP contribution in [0.15, 0.2) is 53.1 Å². The number of carbonyl (C=O) groups is 1. The molecule has 0 unspecified atom stereocenters. The first-order valence-corrected chi connectivity index (χ1v) is 10.2. The number of amides is 1. The molecule has 1 fully saturated rings. The Kier molecular flexibility index (Phi) is 6.30. The Morgan fingerprint density at radius 3 is 2.53 bits per heavy atom. The van der Waals surface area contributed by atoms with Crippen LogP contribution in [0, 0.1) is 5.92 Å². The highest BCUT2D eigenvalue weighted by Gasteiger charge is 2.26. The molecule has 1 saturated heterocycles. The number of rotatable bonds is 6. The van der Waals surface area contributed by atoms with E-state index in [0.29, 0.717) is 23.3 Å². The summed E-state index contributed by atoms with van der Waals surface area (Å²) in [5, 5.41) is 7.69. The van der Waals surface area contributed by atoms with Gasteiger partial charge in [-0.3, -0.25) is 9.69 Å². The van der Waals surface area contributed by atoms with Crippen molar-refractivity contribution in [2.75, 3.05) is 25.5 Å². The molecule has 156 valence electrons. The molecule has 1 aromatic heterocycles. The van der Waals surface area contributed by atoms with Gasteiger partial charge in [-0.25, -0.2) is 0 Å². The van der Waals surface area contributed by atoms with E-state index in [1.807, 2.05) is 36.4 Å². The van der Waals surface area contributed by atoms with Crippen LogP contribution in [0.25, 0.3) is 11.4 Å². The zero-order valence-corrected chi connectivity index (χ0v) is 17.4. The summed E-state index contributed by atoms with van der Waals surface area (Å²) >= 11 is 5.89. The molecule has 8 heteroatoms. The average molecular weight is 427 g/mol. The summed E-state index contributed by atoms with van der Waals surface area (Å²) in [7, 11) is 1.63. The van der Waals surface area contributed by atoms with Gasteiger partial charge in [0, 0.05) is 22.2 Å². The van der Waals surface area contributed by atoms with Crippen LogP contribution in [0.1, 0.15) is 18.7 Å². The van der Waals surface area contributed by atoms with Crippen LogP contribution in [0.5, 0.6) is 5.75 Å². The van der Waals surface area contributed by atoms with Crippen molar-refractivity contribution in [1.82, 2.24) is 15.0 Å². The first-order chi connectivity index (χ1) is 14.6. The Balaban J connectivity index is 1.28. The highest BCUT2D eigenvalue weighted by molar-refractivity contribution is 6.30. The van der Waals surface area contributed by atoms with Crippen molar-refractivity contribution in [1.29, 1.82) is 0 Å². The topological polar surface area (TPSA) is 80.5 Å². The molecule has 4 rings (SSSR count). The predicted molar refractivity (Wildman–Crippen MR) is 114 cm³/mol. The summed E-state index contributed by atoms with van der Waals surface area (Å²) in [4.78, 5) is 19.2. The minimum atomic E-state index is -0.00512. The summed E-state index contributed by atoms with van der Waals surface area (Å²) < 4.78 is 10.6. The minimum Gasteiger partial charge on any atom is -0.497 e. The fourth-order valence-electron chi connectivity index (χ4n) is 3.50. The van der Waals surface area contributed by atoms with Crippen molar-refractivity contribution < 1.29 is 14.1 Å². The van der Waals surface area contributed by atoms with E-state index in [0.717, 1.165) is 42.9 Å². The van der Waals surface area contributed by atoms with Gasteiger partial charge in [0.25, 0.3) is 0 Å². The third kappa shape index (κ3) is 4.98. The van der Waals surface area contributed by atoms with Gasteiger partial charge >= 0.3 is 0 Å². The van der Waals surface area contributed by atoms with Crippen LogP contribution in [0.3, 0.4) is 0 Å². The number of methoxy groups -OCH3 is 1. The summed E-state index contributed by atoms with van der Waals surface area (Å²) in [6.45, 7) is 2.19. The molecule has 0 bridgehead atoms. The van der Waals surface area contributed by atoms with Crippen molar-refractivity contribution in [2.45, 2.75) is 19.4 Å². The number of hydrogen-bond acceptors (Lipinski definition) is 6. The molecule has 2 heterocycles. The van der Waals surface area contributed by atoms with Crippen molar-refractivity contribution in [2.24, 2.45) is 5.92 Å². The van der Waals surface area contributed by atoms with Crippen LogP contribution >= 0.6 is 11.6 Å². The molecule has 2 aromatic carbocycles. The van der Waals surface area contributed by atoms with Gasteiger partial charge in [0.1, 0.15) is 5.75 Å². The van der Waals surface area contributed by atoms with Crippen molar-refractivity contribution >= 4 is 23.2 Å². The molecule has 0 radical (unpaired) electrons. The van der Waals surface area contributed by atoms with E-state index in [1.165, 1.54) is 0 Å². The Morgan fingerprint density at radius 2 is 1.87 bits per heavy atom. The number of nitrogens with one attached hydrogen (secondary N) is 1. The molecule has 0 atom stereocenters. The molecule has 7 nitrogen and oxygen atoms in total. The number of aromatic nitrogens is 2. The van der Waals surface area contributed by atoms with E-state index in [9.17, 15) is 4.79 Å². The van der Waals surface area contributed by atoms with E-state index in [4.69, 9.17) is 20.9 Å². The van der Waals surface area contributed by atoms with Gasteiger partial charge in [-0.15, -0.1) is 0 Å². The molecule has 1 aliphatic rings. The first-order valence-electron chi connectivity index (χ1n) is 9.86. The minimum absolute atomic E-state index is 0.00512. The van der Waals surface area contributed by atoms with Crippen LogP contribution in [-0.4, -0.2) is 41.1 Å². The second-order valence-corrected chi connectivity index (χ2v) is 7.72. The molecule has 0 saturated carbocycles. The Morgan fingerprint density at radius 1 is 1.17 bits per heavy atom. The maximum atomic E-state index is 12.5. The number of piperidine rings is 1. The number of halogens is 1. The van der Waals surface area contributed by atoms with Crippen molar-refractivity contribution in [3.8, 4) is 17.1 Å². The SMILES string of the molecule is COc1ccc(-c2noc(CN3CCC(C(=O)Nc4ccc(Cl)cc4)CC3)n2)cc1. The van der Waals surface area contributed by atoms with Gasteiger partial charge in [0.05, 0.1) is 13.7 Å². The molecule has 1 amide bonds. The number of hydrogen-bond donors (Lipinski definition) is 1. The lowest BCUT2D eigenvalue weighted by Crippen LogP contribution is -2.37. The fraction of sp³-hybridized carbons (Fsp3) is 0.318. The third-order valence-electron chi connectivity index (χ3n) is 5.25. The average Bonchev–Trinajstić information content (AvgIpc) is 3.24. The number of nitrogens with zero attached hydrogens (tertiary/aromatic N) is 3. The maximum absolute atomic E-state index is 12.5. The summed E-state index contributed by atoms with van der Waals surface area (Å²) in [6, 6.07) is 14.7. The van der Waals surface area contributed by atoms with Crippen molar-refractivity contribution in [3.63, 3.8) is 0 Å². The van der Waals surface area contributed by atoms with Gasteiger partial charge in [-0.1, -0.05) is 16.8 Å². The first kappa shape index (κ1) is 20.4. The standard InChI is InChI=1S/C22H23ClN4O3/c1-29-19-8-2-15(3-9-19)21-25-20(30-26-21)14-27-12-10-16(11-13-27)22(28)24-18-6-4-17(23)5-7-18/h2-9,16H,10-14H2,1H3,(H,24,28). The van der Waals surface area contributed by atoms with Gasteiger partial charge in [0.15, 0.2) is 0 Å². The fourth-order valence-corrected chi connectivity index (χ4v) is 3.62. The quantitative estimate of drug-likeness (QED) is 0.634. The monoisotopic (exact) mass is 426 g/mol. The van der Waals surface area contributed by atoms with Crippen LogP contribution < -0.4 is 10.1 Å². The number of ether oxygens (including phenoxy) is 1. The highest BCUT2D eigenvalue weighted by atomic mass is 35.5. The zero-order chi connectivity index (χ0) is 20.9. The van der Waals surface area contributed by atoms with Crippen LogP contribution in [-0.2, 0) is 11.3 Å². The predicted octanol–water partition coefficient (Wildman–Crippen LogP) is 4.25. The molecule has 3 aromatic rings. The van der Waals surface area contributed by atoms with E-state index in [1.54, 1.807) is 19.2 Å². The molecule has 0 spiro atoms. The van der Waals surface area contributed by atoms with Gasteiger partial charge in [-0.2, -0.15) is 4.98 Å². The number of carbonyl (C=O) groups excluding carboxylic acids is 1. The van der Waals surface area contributed by atoms with E-state index < -0.39 is 0 Å². The summed E-state index contributed by atoms with van der Waals surface area (Å²) in [5.74, 6) is 1.96. The van der Waals surface area contributed by atoms with Gasteiger partial charge in [0.2, 0.25) is 17.6 Å². The lowest BCUT2D eigenvalue weighted by atomic mass is 9.96. The Labute approximate surface area is 180 Å². The number of benzene rings is 2. The normalized spacial score (nSPS) is 15.1. The number of anilines is 1. The van der Waals surface area contributed by atoms with E-state index in [-0.39, 0.29) is 11.8 Å².